The molecule has 0 aliphatic carbocycles. The van der Waals surface area contributed by atoms with Gasteiger partial charge in [-0.3, -0.25) is 24.2 Å². The monoisotopic (exact) mass is 582 g/mol. The van der Waals surface area contributed by atoms with Gasteiger partial charge in [0.25, 0.3) is 5.91 Å². The van der Waals surface area contributed by atoms with Crippen LogP contribution in [-0.4, -0.2) is 52.6 Å². The second-order valence-corrected chi connectivity index (χ2v) is 9.68. The molecule has 2 N–H and O–H groups in total. The predicted octanol–water partition coefficient (Wildman–Crippen LogP) is 3.21. The summed E-state index contributed by atoms with van der Waals surface area (Å²) >= 11 is 0. The molecule has 0 spiro atoms. The molecule has 2 aromatic carbocycles. The van der Waals surface area contributed by atoms with Crippen molar-refractivity contribution in [3.05, 3.63) is 95.3 Å². The maximum atomic E-state index is 13.8. The number of ether oxygens (including phenoxy) is 1. The molecule has 9 nitrogen and oxygen atoms in total. The van der Waals surface area contributed by atoms with Crippen LogP contribution < -0.4 is 15.4 Å². The lowest BCUT2D eigenvalue weighted by molar-refractivity contribution is -0.142. The molecule has 3 amide bonds. The average molecular weight is 583 g/mol. The van der Waals surface area contributed by atoms with Crippen LogP contribution in [0.4, 0.5) is 13.2 Å². The topological polar surface area (TPSA) is 118 Å². The van der Waals surface area contributed by atoms with Crippen molar-refractivity contribution in [1.82, 2.24) is 20.5 Å². The number of carbonyl (C=O) groups is 4. The number of Topliss-reactive ketones (excluding diaryl/α,β-unsaturated/α-hetero) is 1. The molecular formula is C30H29F3N4O5. The van der Waals surface area contributed by atoms with E-state index in [1.165, 1.54) is 19.2 Å². The molecular weight excluding hydrogens is 553 g/mol. The average Bonchev–Trinajstić information content (AvgIpc) is 3.35. The standard InChI is InChI=1S/C30H29F3N4O5/c1-42-25-12-7-11-22(30(31,32)33)21(25)18-37-24(13-14-26(37)38)28(40)36-23(16-19-8-3-2-4-9-19)27(39)29(41)35-17-20-10-5-6-15-34-20/h2-12,15,23-24H,13-14,16-18H2,1H3,(H,35,41)(H,36,40). The number of benzene rings is 2. The molecule has 1 fully saturated rings. The maximum Gasteiger partial charge on any atom is 0.416 e. The maximum absolute atomic E-state index is 13.8. The Labute approximate surface area is 240 Å². The largest absolute Gasteiger partial charge is 0.496 e. The van der Waals surface area contributed by atoms with E-state index >= 15 is 0 Å². The number of rotatable bonds is 11. The smallest absolute Gasteiger partial charge is 0.416 e. The highest BCUT2D eigenvalue weighted by Gasteiger charge is 2.41. The zero-order valence-corrected chi connectivity index (χ0v) is 22.7. The summed E-state index contributed by atoms with van der Waals surface area (Å²) in [5.41, 5.74) is -0.0809. The fourth-order valence-electron chi connectivity index (χ4n) is 4.81. The Morgan fingerprint density at radius 1 is 1.05 bits per heavy atom. The van der Waals surface area contributed by atoms with Crippen LogP contribution in [0.25, 0.3) is 0 Å². The van der Waals surface area contributed by atoms with E-state index in [1.807, 2.05) is 0 Å². The van der Waals surface area contributed by atoms with Crippen LogP contribution in [-0.2, 0) is 44.9 Å². The molecule has 2 unspecified atom stereocenters. The number of nitrogens with one attached hydrogen (secondary N) is 2. The number of halogens is 3. The minimum absolute atomic E-state index is 0.0111. The van der Waals surface area contributed by atoms with Crippen molar-refractivity contribution < 1.29 is 37.1 Å². The second-order valence-electron chi connectivity index (χ2n) is 9.68. The van der Waals surface area contributed by atoms with Crippen molar-refractivity contribution in [3.8, 4) is 5.75 Å². The van der Waals surface area contributed by atoms with Gasteiger partial charge < -0.3 is 20.3 Å². The summed E-state index contributed by atoms with van der Waals surface area (Å²) in [6, 6.07) is 14.8. The number of methoxy groups -OCH3 is 1. The van der Waals surface area contributed by atoms with E-state index in [1.54, 1.807) is 54.7 Å². The third-order valence-corrected chi connectivity index (χ3v) is 6.91. The fourth-order valence-corrected chi connectivity index (χ4v) is 4.81. The van der Waals surface area contributed by atoms with Crippen molar-refractivity contribution in [3.63, 3.8) is 0 Å². The minimum Gasteiger partial charge on any atom is -0.496 e. The molecule has 1 aliphatic rings. The zero-order valence-electron chi connectivity index (χ0n) is 22.7. The van der Waals surface area contributed by atoms with Gasteiger partial charge in [0.15, 0.2) is 0 Å². The number of hydrogen-bond acceptors (Lipinski definition) is 6. The first-order valence-electron chi connectivity index (χ1n) is 13.2. The number of carbonyl (C=O) groups excluding carboxylic acids is 4. The van der Waals surface area contributed by atoms with Crippen molar-refractivity contribution in [2.24, 2.45) is 0 Å². The van der Waals surface area contributed by atoms with Gasteiger partial charge in [0, 0.05) is 24.6 Å². The highest BCUT2D eigenvalue weighted by Crippen LogP contribution is 2.37. The number of hydrogen-bond donors (Lipinski definition) is 2. The van der Waals surface area contributed by atoms with Gasteiger partial charge in [-0.05, 0) is 36.2 Å². The van der Waals surface area contributed by atoms with Crippen LogP contribution in [0.1, 0.15) is 35.2 Å². The Balaban J connectivity index is 1.54. The van der Waals surface area contributed by atoms with Crippen molar-refractivity contribution >= 4 is 23.5 Å². The number of ketones is 1. The van der Waals surface area contributed by atoms with Crippen LogP contribution in [0.15, 0.2) is 72.9 Å². The molecule has 2 atom stereocenters. The van der Waals surface area contributed by atoms with Crippen LogP contribution in [0.3, 0.4) is 0 Å². The van der Waals surface area contributed by atoms with E-state index in [2.05, 4.69) is 15.6 Å². The van der Waals surface area contributed by atoms with Crippen molar-refractivity contribution in [2.75, 3.05) is 7.11 Å². The lowest BCUT2D eigenvalue weighted by Gasteiger charge is -2.28. The molecule has 1 aliphatic heterocycles. The Morgan fingerprint density at radius 2 is 1.79 bits per heavy atom. The van der Waals surface area contributed by atoms with Crippen LogP contribution in [0.2, 0.25) is 0 Å². The highest BCUT2D eigenvalue weighted by molar-refractivity contribution is 6.38. The molecule has 0 saturated carbocycles. The summed E-state index contributed by atoms with van der Waals surface area (Å²) in [6.45, 7) is -0.541. The van der Waals surface area contributed by atoms with Crippen molar-refractivity contribution in [1.29, 1.82) is 0 Å². The molecule has 0 radical (unpaired) electrons. The zero-order chi connectivity index (χ0) is 30.3. The number of pyridine rings is 1. The normalized spacial score (nSPS) is 15.7. The number of likely N-dealkylation sites (tertiary alicyclic amines) is 1. The van der Waals surface area contributed by atoms with Gasteiger partial charge in [0.05, 0.1) is 31.5 Å². The van der Waals surface area contributed by atoms with Crippen LogP contribution in [0.5, 0.6) is 5.75 Å². The van der Waals surface area contributed by atoms with Crippen molar-refractivity contribution in [2.45, 2.75) is 50.6 Å². The Bertz CT molecular complexity index is 1430. The van der Waals surface area contributed by atoms with Crippen LogP contribution >= 0.6 is 0 Å². The Kier molecular flexibility index (Phi) is 9.56. The first-order chi connectivity index (χ1) is 20.1. The number of alkyl halides is 3. The molecule has 42 heavy (non-hydrogen) atoms. The van der Waals surface area contributed by atoms with E-state index in [0.717, 1.165) is 11.0 Å². The third-order valence-electron chi connectivity index (χ3n) is 6.91. The Morgan fingerprint density at radius 3 is 2.45 bits per heavy atom. The van der Waals surface area contributed by atoms with Gasteiger partial charge in [0.1, 0.15) is 17.8 Å². The van der Waals surface area contributed by atoms with Gasteiger partial charge in [0.2, 0.25) is 17.6 Å². The van der Waals surface area contributed by atoms with E-state index in [9.17, 15) is 32.3 Å². The van der Waals surface area contributed by atoms with Gasteiger partial charge in [-0.25, -0.2) is 0 Å². The Hall–Kier alpha value is -4.74. The summed E-state index contributed by atoms with van der Waals surface area (Å²) in [4.78, 5) is 57.4. The van der Waals surface area contributed by atoms with E-state index in [4.69, 9.17) is 4.74 Å². The number of amides is 3. The second kappa shape index (κ2) is 13.3. The molecule has 220 valence electrons. The van der Waals surface area contributed by atoms with E-state index < -0.39 is 53.9 Å². The molecule has 1 aromatic heterocycles. The molecule has 4 rings (SSSR count). The van der Waals surface area contributed by atoms with E-state index in [-0.39, 0.29) is 37.1 Å². The van der Waals surface area contributed by atoms with E-state index in [0.29, 0.717) is 11.3 Å². The van der Waals surface area contributed by atoms with Gasteiger partial charge >= 0.3 is 6.18 Å². The summed E-state index contributed by atoms with van der Waals surface area (Å²) in [6.07, 6.45) is -3.25. The first-order valence-corrected chi connectivity index (χ1v) is 13.2. The molecule has 1 saturated heterocycles. The van der Waals surface area contributed by atoms with Gasteiger partial charge in [-0.15, -0.1) is 0 Å². The summed E-state index contributed by atoms with van der Waals surface area (Å²) in [7, 11) is 1.22. The quantitative estimate of drug-likeness (QED) is 0.336. The summed E-state index contributed by atoms with van der Waals surface area (Å²) < 4.78 is 46.5. The number of aromatic nitrogens is 1. The molecule has 3 aromatic rings. The molecule has 12 heteroatoms. The fraction of sp³-hybridized carbons (Fsp3) is 0.300. The molecule has 2 heterocycles. The lowest BCUT2D eigenvalue weighted by Crippen LogP contribution is -2.53. The third kappa shape index (κ3) is 7.31. The summed E-state index contributed by atoms with van der Waals surface area (Å²) in [5.74, 6) is -3.21. The molecule has 0 bridgehead atoms. The lowest BCUT2D eigenvalue weighted by atomic mass is 10.0. The van der Waals surface area contributed by atoms with Gasteiger partial charge in [-0.1, -0.05) is 42.5 Å². The first kappa shape index (κ1) is 30.2. The minimum atomic E-state index is -4.72. The van der Waals surface area contributed by atoms with Gasteiger partial charge in [-0.2, -0.15) is 13.2 Å². The highest BCUT2D eigenvalue weighted by atomic mass is 19.4. The summed E-state index contributed by atoms with van der Waals surface area (Å²) in [5, 5.41) is 5.09. The van der Waals surface area contributed by atoms with Crippen LogP contribution in [0, 0.1) is 0 Å². The number of nitrogens with zero attached hydrogens (tertiary/aromatic N) is 2. The SMILES string of the molecule is COc1cccc(C(F)(F)F)c1CN1C(=O)CCC1C(=O)NC(Cc1ccccc1)C(=O)C(=O)NCc1ccccn1. The predicted molar refractivity (Wildman–Crippen MR) is 145 cm³/mol.